The summed E-state index contributed by atoms with van der Waals surface area (Å²) >= 11 is 0. The number of hydrogen-bond acceptors (Lipinski definition) is 2. The summed E-state index contributed by atoms with van der Waals surface area (Å²) in [5, 5.41) is 0. The van der Waals surface area contributed by atoms with E-state index in [1.807, 2.05) is 0 Å². The van der Waals surface area contributed by atoms with Crippen LogP contribution < -0.4 is 0 Å². The Morgan fingerprint density at radius 3 is 2.56 bits per heavy atom. The summed E-state index contributed by atoms with van der Waals surface area (Å²) in [6, 6.07) is 0. The molecule has 94 valence electrons. The third-order valence-electron chi connectivity index (χ3n) is 3.93. The third kappa shape index (κ3) is 2.98. The maximum absolute atomic E-state index is 6.27. The van der Waals surface area contributed by atoms with Crippen LogP contribution in [-0.2, 0) is 9.47 Å². The summed E-state index contributed by atoms with van der Waals surface area (Å²) in [6.07, 6.45) is 11.8. The molecule has 2 aliphatic heterocycles. The average molecular weight is 226 g/mol. The van der Waals surface area contributed by atoms with E-state index in [1.54, 1.807) is 0 Å². The quantitative estimate of drug-likeness (QED) is 0.723. The molecule has 16 heavy (non-hydrogen) atoms. The molecule has 0 radical (unpaired) electrons. The molecule has 0 aromatic rings. The average Bonchev–Trinajstić information content (AvgIpc) is 2.26. The largest absolute Gasteiger partial charge is 0.347 e. The van der Waals surface area contributed by atoms with Gasteiger partial charge in [0.2, 0.25) is 0 Å². The molecule has 0 bridgehead atoms. The van der Waals surface area contributed by atoms with Crippen LogP contribution in [0, 0.1) is 0 Å². The number of hydrogen-bond donors (Lipinski definition) is 0. The molecule has 3 atom stereocenters. The van der Waals surface area contributed by atoms with Gasteiger partial charge in [0.05, 0.1) is 12.2 Å². The van der Waals surface area contributed by atoms with Gasteiger partial charge in [0.15, 0.2) is 5.79 Å². The maximum atomic E-state index is 6.27. The lowest BCUT2D eigenvalue weighted by Crippen LogP contribution is -2.47. The number of ether oxygens (including phenoxy) is 2. The fourth-order valence-corrected chi connectivity index (χ4v) is 3.07. The van der Waals surface area contributed by atoms with Crippen molar-refractivity contribution in [1.82, 2.24) is 0 Å². The van der Waals surface area contributed by atoms with Crippen molar-refractivity contribution in [3.63, 3.8) is 0 Å². The van der Waals surface area contributed by atoms with Crippen LogP contribution in [0.3, 0.4) is 0 Å². The zero-order valence-corrected chi connectivity index (χ0v) is 10.8. The summed E-state index contributed by atoms with van der Waals surface area (Å²) in [5.41, 5.74) is 0. The van der Waals surface area contributed by atoms with Gasteiger partial charge in [-0.3, -0.25) is 0 Å². The minimum Gasteiger partial charge on any atom is -0.347 e. The molecule has 0 aliphatic carbocycles. The molecule has 2 nitrogen and oxygen atoms in total. The van der Waals surface area contributed by atoms with Crippen molar-refractivity contribution >= 4 is 0 Å². The van der Waals surface area contributed by atoms with Gasteiger partial charge in [-0.05, 0) is 39.0 Å². The topological polar surface area (TPSA) is 18.5 Å². The smallest absolute Gasteiger partial charge is 0.169 e. The van der Waals surface area contributed by atoms with Gasteiger partial charge in [-0.1, -0.05) is 19.8 Å². The lowest BCUT2D eigenvalue weighted by molar-refractivity contribution is -0.312. The van der Waals surface area contributed by atoms with Crippen LogP contribution in [-0.4, -0.2) is 18.0 Å². The normalized spacial score (nSPS) is 40.1. The molecule has 2 fully saturated rings. The zero-order valence-electron chi connectivity index (χ0n) is 10.8. The molecular weight excluding hydrogens is 200 g/mol. The first-order chi connectivity index (χ1) is 7.74. The Hall–Kier alpha value is -0.0800. The molecule has 0 aromatic heterocycles. The van der Waals surface area contributed by atoms with Crippen molar-refractivity contribution in [3.8, 4) is 0 Å². The Morgan fingerprint density at radius 1 is 1.12 bits per heavy atom. The van der Waals surface area contributed by atoms with Crippen LogP contribution in [0.1, 0.15) is 71.6 Å². The molecule has 2 rings (SSSR count). The van der Waals surface area contributed by atoms with Gasteiger partial charge in [0, 0.05) is 12.8 Å². The Balaban J connectivity index is 1.89. The van der Waals surface area contributed by atoms with Crippen LogP contribution in [0.2, 0.25) is 0 Å². The van der Waals surface area contributed by atoms with Crippen molar-refractivity contribution in [1.29, 1.82) is 0 Å². The van der Waals surface area contributed by atoms with E-state index in [2.05, 4.69) is 13.8 Å². The fraction of sp³-hybridized carbons (Fsp3) is 1.00. The minimum absolute atomic E-state index is 0.200. The SMILES string of the molecule is CCCC[C@H]1CCC[C@@]2(CCC[C@H](C)O2)O1. The molecule has 1 spiro atoms. The summed E-state index contributed by atoms with van der Waals surface area (Å²) in [7, 11) is 0. The van der Waals surface area contributed by atoms with Gasteiger partial charge < -0.3 is 9.47 Å². The highest BCUT2D eigenvalue weighted by Crippen LogP contribution is 2.39. The van der Waals surface area contributed by atoms with E-state index in [1.165, 1.54) is 44.9 Å². The van der Waals surface area contributed by atoms with E-state index in [0.29, 0.717) is 12.2 Å². The van der Waals surface area contributed by atoms with E-state index in [0.717, 1.165) is 12.8 Å². The first-order valence-corrected chi connectivity index (χ1v) is 7.10. The van der Waals surface area contributed by atoms with Crippen LogP contribution in [0.5, 0.6) is 0 Å². The summed E-state index contributed by atoms with van der Waals surface area (Å²) in [4.78, 5) is 0. The zero-order chi connectivity index (χ0) is 11.4. The van der Waals surface area contributed by atoms with E-state index in [-0.39, 0.29) is 5.79 Å². The van der Waals surface area contributed by atoms with Crippen LogP contribution in [0.25, 0.3) is 0 Å². The van der Waals surface area contributed by atoms with Crippen molar-refractivity contribution in [2.24, 2.45) is 0 Å². The van der Waals surface area contributed by atoms with Crippen LogP contribution in [0.4, 0.5) is 0 Å². The van der Waals surface area contributed by atoms with Crippen molar-refractivity contribution in [2.75, 3.05) is 0 Å². The summed E-state index contributed by atoms with van der Waals surface area (Å²) in [5.74, 6) is -0.200. The van der Waals surface area contributed by atoms with Gasteiger partial charge in [-0.25, -0.2) is 0 Å². The molecule has 2 heteroatoms. The first kappa shape index (κ1) is 12.4. The Labute approximate surface area is 99.7 Å². The highest BCUT2D eigenvalue weighted by Gasteiger charge is 2.41. The standard InChI is InChI=1S/C14H26O2/c1-3-4-8-13-9-6-11-14(16-13)10-5-7-12(2)15-14/h12-13H,3-11H2,1-2H3/t12-,13-,14+/m0/s1. The first-order valence-electron chi connectivity index (χ1n) is 7.10. The molecule has 2 saturated heterocycles. The second-order valence-electron chi connectivity index (χ2n) is 5.51. The highest BCUT2D eigenvalue weighted by atomic mass is 16.7. The van der Waals surface area contributed by atoms with Gasteiger partial charge in [-0.2, -0.15) is 0 Å². The predicted molar refractivity (Wildman–Crippen MR) is 65.4 cm³/mol. The van der Waals surface area contributed by atoms with Crippen LogP contribution in [0.15, 0.2) is 0 Å². The predicted octanol–water partition coefficient (Wildman–Crippen LogP) is 4.03. The number of rotatable bonds is 3. The molecule has 2 aliphatic rings. The Bertz CT molecular complexity index is 213. The van der Waals surface area contributed by atoms with Crippen molar-refractivity contribution in [2.45, 2.75) is 89.6 Å². The second-order valence-corrected chi connectivity index (χ2v) is 5.51. The lowest BCUT2D eigenvalue weighted by atomic mass is 9.92. The molecule has 0 saturated carbocycles. The van der Waals surface area contributed by atoms with E-state index >= 15 is 0 Å². The van der Waals surface area contributed by atoms with E-state index in [9.17, 15) is 0 Å². The van der Waals surface area contributed by atoms with Gasteiger partial charge >= 0.3 is 0 Å². The summed E-state index contributed by atoms with van der Waals surface area (Å²) < 4.78 is 12.4. The van der Waals surface area contributed by atoms with E-state index in [4.69, 9.17) is 9.47 Å². The monoisotopic (exact) mass is 226 g/mol. The van der Waals surface area contributed by atoms with Crippen molar-refractivity contribution < 1.29 is 9.47 Å². The minimum atomic E-state index is -0.200. The Morgan fingerprint density at radius 2 is 1.88 bits per heavy atom. The van der Waals surface area contributed by atoms with Gasteiger partial charge in [0.25, 0.3) is 0 Å². The molecule has 2 heterocycles. The second kappa shape index (κ2) is 5.50. The molecule has 0 unspecified atom stereocenters. The van der Waals surface area contributed by atoms with Gasteiger partial charge in [-0.15, -0.1) is 0 Å². The molecular formula is C14H26O2. The Kier molecular flexibility index (Phi) is 4.26. The fourth-order valence-electron chi connectivity index (χ4n) is 3.07. The highest BCUT2D eigenvalue weighted by molar-refractivity contribution is 4.82. The van der Waals surface area contributed by atoms with Crippen molar-refractivity contribution in [3.05, 3.63) is 0 Å². The lowest BCUT2D eigenvalue weighted by Gasteiger charge is -2.45. The molecule has 0 amide bonds. The third-order valence-corrected chi connectivity index (χ3v) is 3.93. The maximum Gasteiger partial charge on any atom is 0.169 e. The van der Waals surface area contributed by atoms with Gasteiger partial charge in [0.1, 0.15) is 0 Å². The summed E-state index contributed by atoms with van der Waals surface area (Å²) in [6.45, 7) is 4.43. The van der Waals surface area contributed by atoms with Crippen LogP contribution >= 0.6 is 0 Å². The number of unbranched alkanes of at least 4 members (excludes halogenated alkanes) is 1. The molecule has 0 aromatic carbocycles. The molecule has 0 N–H and O–H groups in total. The van der Waals surface area contributed by atoms with E-state index < -0.39 is 0 Å².